The molecule has 174 valence electrons. The zero-order chi connectivity index (χ0) is 24.2. The summed E-state index contributed by atoms with van der Waals surface area (Å²) in [6.07, 6.45) is 2.98. The fraction of sp³-hybridized carbons (Fsp3) is 0.125. The van der Waals surface area contributed by atoms with Crippen molar-refractivity contribution in [3.8, 4) is 11.5 Å². The number of carbonyl (C=O) groups is 3. The highest BCUT2D eigenvalue weighted by molar-refractivity contribution is 6.35. The van der Waals surface area contributed by atoms with Gasteiger partial charge in [-0.1, -0.05) is 6.07 Å². The van der Waals surface area contributed by atoms with E-state index in [2.05, 4.69) is 26.1 Å². The van der Waals surface area contributed by atoms with Gasteiger partial charge < -0.3 is 20.1 Å². The first kappa shape index (κ1) is 23.9. The number of benzene rings is 2. The number of ether oxygens (including phenoxy) is 2. The minimum atomic E-state index is -0.894. The van der Waals surface area contributed by atoms with Crippen LogP contribution in [0.3, 0.4) is 0 Å². The minimum absolute atomic E-state index is 0.135. The number of hydrogen-bond donors (Lipinski definition) is 3. The summed E-state index contributed by atoms with van der Waals surface area (Å²) in [5.41, 5.74) is 4.08. The van der Waals surface area contributed by atoms with Crippen LogP contribution >= 0.6 is 0 Å². The molecular formula is C24H23N5O5. The molecule has 3 amide bonds. The summed E-state index contributed by atoms with van der Waals surface area (Å²) in [7, 11) is 1.57. The van der Waals surface area contributed by atoms with Crippen molar-refractivity contribution >= 4 is 29.6 Å². The van der Waals surface area contributed by atoms with Gasteiger partial charge in [0, 0.05) is 11.9 Å². The molecule has 10 nitrogen and oxygen atoms in total. The van der Waals surface area contributed by atoms with E-state index in [1.54, 1.807) is 80.0 Å². The van der Waals surface area contributed by atoms with E-state index < -0.39 is 11.8 Å². The van der Waals surface area contributed by atoms with Crippen molar-refractivity contribution in [2.45, 2.75) is 6.54 Å². The summed E-state index contributed by atoms with van der Waals surface area (Å²) in [5.74, 6) is -0.837. The average Bonchev–Trinajstić information content (AvgIpc) is 2.87. The highest BCUT2D eigenvalue weighted by Gasteiger charge is 2.12. The van der Waals surface area contributed by atoms with Crippen LogP contribution in [0.5, 0.6) is 11.5 Å². The Kier molecular flexibility index (Phi) is 8.68. The molecule has 0 spiro atoms. The van der Waals surface area contributed by atoms with Gasteiger partial charge in [0.05, 0.1) is 25.6 Å². The fourth-order valence-electron chi connectivity index (χ4n) is 2.64. The topological polar surface area (TPSA) is 131 Å². The Bertz CT molecular complexity index is 1130. The predicted molar refractivity (Wildman–Crippen MR) is 125 cm³/mol. The monoisotopic (exact) mass is 461 g/mol. The smallest absolute Gasteiger partial charge is 0.329 e. The zero-order valence-electron chi connectivity index (χ0n) is 18.4. The lowest BCUT2D eigenvalue weighted by atomic mass is 10.2. The number of nitrogens with one attached hydrogen (secondary N) is 3. The molecule has 0 radical (unpaired) electrons. The van der Waals surface area contributed by atoms with Gasteiger partial charge in [-0.15, -0.1) is 0 Å². The second kappa shape index (κ2) is 12.3. The van der Waals surface area contributed by atoms with Gasteiger partial charge in [0.1, 0.15) is 11.5 Å². The SMILES string of the molecule is COc1ccc(NC(=O)COc2ccc(/C=N\NC(=O)C(=O)NCc3ccccn3)cc2)cc1. The van der Waals surface area contributed by atoms with Gasteiger partial charge >= 0.3 is 11.8 Å². The summed E-state index contributed by atoms with van der Waals surface area (Å²) < 4.78 is 10.5. The lowest BCUT2D eigenvalue weighted by molar-refractivity contribution is -0.139. The lowest BCUT2D eigenvalue weighted by Crippen LogP contribution is -2.37. The highest BCUT2D eigenvalue weighted by atomic mass is 16.5. The molecule has 0 saturated carbocycles. The number of methoxy groups -OCH3 is 1. The van der Waals surface area contributed by atoms with Crippen molar-refractivity contribution in [3.05, 3.63) is 84.2 Å². The second-order valence-corrected chi connectivity index (χ2v) is 6.84. The zero-order valence-corrected chi connectivity index (χ0v) is 18.4. The molecule has 10 heteroatoms. The fourth-order valence-corrected chi connectivity index (χ4v) is 2.64. The molecule has 0 aliphatic rings. The van der Waals surface area contributed by atoms with Crippen molar-refractivity contribution in [2.24, 2.45) is 5.10 Å². The van der Waals surface area contributed by atoms with E-state index >= 15 is 0 Å². The Morgan fingerprint density at radius 2 is 1.68 bits per heavy atom. The van der Waals surface area contributed by atoms with E-state index in [0.29, 0.717) is 28.4 Å². The number of amides is 3. The normalized spacial score (nSPS) is 10.4. The molecule has 0 aliphatic heterocycles. The number of hydrazone groups is 1. The van der Waals surface area contributed by atoms with E-state index in [9.17, 15) is 14.4 Å². The van der Waals surface area contributed by atoms with Crippen LogP contribution in [0, 0.1) is 0 Å². The van der Waals surface area contributed by atoms with Crippen LogP contribution in [0.4, 0.5) is 5.69 Å². The van der Waals surface area contributed by atoms with Crippen LogP contribution in [-0.2, 0) is 20.9 Å². The van der Waals surface area contributed by atoms with Crippen molar-refractivity contribution in [2.75, 3.05) is 19.0 Å². The Morgan fingerprint density at radius 1 is 0.941 bits per heavy atom. The van der Waals surface area contributed by atoms with Crippen LogP contribution in [-0.4, -0.2) is 42.6 Å². The van der Waals surface area contributed by atoms with Gasteiger partial charge in [-0.25, -0.2) is 5.43 Å². The summed E-state index contributed by atoms with van der Waals surface area (Å²) in [6.45, 7) is -0.0282. The molecule has 0 atom stereocenters. The number of pyridine rings is 1. The van der Waals surface area contributed by atoms with Crippen molar-refractivity contribution in [1.29, 1.82) is 0 Å². The molecule has 0 unspecified atom stereocenters. The lowest BCUT2D eigenvalue weighted by Gasteiger charge is -2.08. The number of carbonyl (C=O) groups excluding carboxylic acids is 3. The van der Waals surface area contributed by atoms with Crippen molar-refractivity contribution in [3.63, 3.8) is 0 Å². The molecule has 1 aromatic heterocycles. The van der Waals surface area contributed by atoms with Crippen LogP contribution in [0.2, 0.25) is 0 Å². The van der Waals surface area contributed by atoms with Crippen LogP contribution in [0.25, 0.3) is 0 Å². The maximum Gasteiger partial charge on any atom is 0.329 e. The van der Waals surface area contributed by atoms with Gasteiger partial charge in [0.25, 0.3) is 5.91 Å². The van der Waals surface area contributed by atoms with Gasteiger partial charge in [0.15, 0.2) is 6.61 Å². The summed E-state index contributed by atoms with van der Waals surface area (Å²) in [6, 6.07) is 18.9. The molecule has 0 aliphatic carbocycles. The summed E-state index contributed by atoms with van der Waals surface area (Å²) in [4.78, 5) is 39.7. The molecular weight excluding hydrogens is 438 g/mol. The van der Waals surface area contributed by atoms with E-state index in [4.69, 9.17) is 9.47 Å². The number of aromatic nitrogens is 1. The average molecular weight is 461 g/mol. The van der Waals surface area contributed by atoms with E-state index in [0.717, 1.165) is 0 Å². The van der Waals surface area contributed by atoms with Gasteiger partial charge in [-0.05, 0) is 66.2 Å². The van der Waals surface area contributed by atoms with Crippen LogP contribution in [0.1, 0.15) is 11.3 Å². The van der Waals surface area contributed by atoms with E-state index in [-0.39, 0.29) is 19.1 Å². The molecule has 3 N–H and O–H groups in total. The number of rotatable bonds is 9. The Balaban J connectivity index is 1.39. The number of hydrogen-bond acceptors (Lipinski definition) is 7. The molecule has 34 heavy (non-hydrogen) atoms. The molecule has 3 rings (SSSR count). The minimum Gasteiger partial charge on any atom is -0.497 e. The Labute approximate surface area is 196 Å². The number of nitrogens with zero attached hydrogens (tertiary/aromatic N) is 2. The molecule has 3 aromatic rings. The van der Waals surface area contributed by atoms with E-state index in [1.807, 2.05) is 0 Å². The summed E-state index contributed by atoms with van der Waals surface area (Å²) >= 11 is 0. The van der Waals surface area contributed by atoms with Crippen LogP contribution in [0.15, 0.2) is 78.0 Å². The maximum absolute atomic E-state index is 12.0. The first-order chi connectivity index (χ1) is 16.5. The maximum atomic E-state index is 12.0. The largest absolute Gasteiger partial charge is 0.497 e. The van der Waals surface area contributed by atoms with Gasteiger partial charge in [0.2, 0.25) is 0 Å². The highest BCUT2D eigenvalue weighted by Crippen LogP contribution is 2.15. The van der Waals surface area contributed by atoms with Gasteiger partial charge in [-0.2, -0.15) is 5.10 Å². The quantitative estimate of drug-likeness (QED) is 0.253. The standard InChI is InChI=1S/C24H23N5O5/c1-33-20-11-7-18(8-12-20)28-22(30)16-34-21-9-5-17(6-10-21)14-27-29-24(32)23(31)26-15-19-4-2-3-13-25-19/h2-14H,15-16H2,1H3,(H,26,31)(H,28,30)(H,29,32)/b27-14-. The van der Waals surface area contributed by atoms with Crippen molar-refractivity contribution < 1.29 is 23.9 Å². The molecule has 1 heterocycles. The predicted octanol–water partition coefficient (Wildman–Crippen LogP) is 1.87. The molecule has 0 bridgehead atoms. The Hall–Kier alpha value is -4.73. The third-order valence-electron chi connectivity index (χ3n) is 4.37. The third-order valence-corrected chi connectivity index (χ3v) is 4.37. The third kappa shape index (κ3) is 7.75. The summed E-state index contributed by atoms with van der Waals surface area (Å²) in [5, 5.41) is 8.95. The second-order valence-electron chi connectivity index (χ2n) is 6.84. The van der Waals surface area contributed by atoms with Gasteiger partial charge in [-0.3, -0.25) is 19.4 Å². The number of anilines is 1. The van der Waals surface area contributed by atoms with Crippen molar-refractivity contribution in [1.82, 2.24) is 15.7 Å². The first-order valence-electron chi connectivity index (χ1n) is 10.2. The Morgan fingerprint density at radius 3 is 2.35 bits per heavy atom. The molecule has 0 saturated heterocycles. The first-order valence-corrected chi connectivity index (χ1v) is 10.2. The van der Waals surface area contributed by atoms with Crippen LogP contribution < -0.4 is 25.5 Å². The molecule has 2 aromatic carbocycles. The molecule has 0 fully saturated rings. The van der Waals surface area contributed by atoms with E-state index in [1.165, 1.54) is 6.21 Å².